The van der Waals surface area contributed by atoms with Crippen molar-refractivity contribution in [3.8, 4) is 0 Å². The van der Waals surface area contributed by atoms with E-state index in [1.165, 1.54) is 7.11 Å². The van der Waals surface area contributed by atoms with E-state index in [0.29, 0.717) is 24.4 Å². The molecule has 1 aromatic carbocycles. The number of methoxy groups -OCH3 is 1. The zero-order chi connectivity index (χ0) is 17.2. The Balaban J connectivity index is 1.85. The maximum Gasteiger partial charge on any atom is 0.339 e. The summed E-state index contributed by atoms with van der Waals surface area (Å²) in [5.41, 5.74) is 1.95. The molecule has 0 aliphatic carbocycles. The third-order valence-corrected chi connectivity index (χ3v) is 4.46. The normalized spacial score (nSPS) is 20.7. The first kappa shape index (κ1) is 16.5. The topological polar surface area (TPSA) is 51.7 Å². The van der Waals surface area contributed by atoms with Crippen molar-refractivity contribution in [1.82, 2.24) is 4.98 Å². The van der Waals surface area contributed by atoms with E-state index in [2.05, 4.69) is 28.9 Å². The molecule has 0 amide bonds. The molecule has 2 aromatic rings. The lowest BCUT2D eigenvalue weighted by atomic mass is 9.94. The van der Waals surface area contributed by atoms with Crippen LogP contribution in [0.1, 0.15) is 28.5 Å². The second-order valence-corrected chi connectivity index (χ2v) is 6.16. The van der Waals surface area contributed by atoms with Crippen LogP contribution in [0, 0.1) is 6.92 Å². The molecule has 126 valence electrons. The molecule has 0 saturated carbocycles. The van der Waals surface area contributed by atoms with Crippen LogP contribution >= 0.6 is 0 Å². The standard InChI is InChI=1S/C19H22N2O3/c1-14-16(18(22)23-3)9-10-17(20-14)21-11-12-24-19(2,13-21)15-7-5-4-6-8-15/h4-10H,11-13H2,1-3H3. The summed E-state index contributed by atoms with van der Waals surface area (Å²) in [6, 6.07) is 13.9. The van der Waals surface area contributed by atoms with Crippen molar-refractivity contribution in [2.24, 2.45) is 0 Å². The Kier molecular flexibility index (Phi) is 4.53. The van der Waals surface area contributed by atoms with Crippen LogP contribution in [-0.2, 0) is 15.1 Å². The zero-order valence-corrected chi connectivity index (χ0v) is 14.3. The Morgan fingerprint density at radius 3 is 2.67 bits per heavy atom. The predicted octanol–water partition coefficient (Wildman–Crippen LogP) is 2.93. The Bertz CT molecular complexity index is 733. The van der Waals surface area contributed by atoms with Crippen LogP contribution < -0.4 is 4.90 Å². The number of morpholine rings is 1. The van der Waals surface area contributed by atoms with Gasteiger partial charge in [-0.2, -0.15) is 0 Å². The third kappa shape index (κ3) is 3.12. The number of ether oxygens (including phenoxy) is 2. The Labute approximate surface area is 142 Å². The number of hydrogen-bond donors (Lipinski definition) is 0. The number of carbonyl (C=O) groups is 1. The second kappa shape index (κ2) is 6.61. The SMILES string of the molecule is COC(=O)c1ccc(N2CCOC(C)(c3ccccc3)C2)nc1C. The van der Waals surface area contributed by atoms with Crippen LogP contribution in [0.25, 0.3) is 0 Å². The monoisotopic (exact) mass is 326 g/mol. The summed E-state index contributed by atoms with van der Waals surface area (Å²) < 4.78 is 10.9. The molecule has 5 heteroatoms. The van der Waals surface area contributed by atoms with Crippen molar-refractivity contribution < 1.29 is 14.3 Å². The number of hydrogen-bond acceptors (Lipinski definition) is 5. The minimum Gasteiger partial charge on any atom is -0.465 e. The number of anilines is 1. The molecule has 1 aromatic heterocycles. The average Bonchev–Trinajstić information content (AvgIpc) is 2.62. The molecule has 1 atom stereocenters. The highest BCUT2D eigenvalue weighted by atomic mass is 16.5. The van der Waals surface area contributed by atoms with Crippen LogP contribution in [0.3, 0.4) is 0 Å². The molecule has 24 heavy (non-hydrogen) atoms. The molecule has 1 unspecified atom stereocenters. The van der Waals surface area contributed by atoms with Crippen LogP contribution in [0.5, 0.6) is 0 Å². The van der Waals surface area contributed by atoms with Gasteiger partial charge in [-0.3, -0.25) is 0 Å². The molecular weight excluding hydrogens is 304 g/mol. The maximum atomic E-state index is 11.7. The highest BCUT2D eigenvalue weighted by molar-refractivity contribution is 5.90. The van der Waals surface area contributed by atoms with E-state index in [9.17, 15) is 4.79 Å². The Hall–Kier alpha value is -2.40. The lowest BCUT2D eigenvalue weighted by Crippen LogP contribution is -2.48. The molecule has 5 nitrogen and oxygen atoms in total. The van der Waals surface area contributed by atoms with Gasteiger partial charge in [-0.1, -0.05) is 30.3 Å². The van der Waals surface area contributed by atoms with Gasteiger partial charge >= 0.3 is 5.97 Å². The molecule has 1 fully saturated rings. The van der Waals surface area contributed by atoms with Gasteiger partial charge in [-0.15, -0.1) is 0 Å². The van der Waals surface area contributed by atoms with Gasteiger partial charge < -0.3 is 14.4 Å². The Morgan fingerprint density at radius 1 is 1.25 bits per heavy atom. The van der Waals surface area contributed by atoms with E-state index in [4.69, 9.17) is 9.47 Å². The van der Waals surface area contributed by atoms with Crippen LogP contribution in [0.2, 0.25) is 0 Å². The van der Waals surface area contributed by atoms with Gasteiger partial charge in [0.15, 0.2) is 0 Å². The van der Waals surface area contributed by atoms with Crippen LogP contribution in [0.4, 0.5) is 5.82 Å². The lowest BCUT2D eigenvalue weighted by molar-refractivity contribution is -0.0468. The third-order valence-electron chi connectivity index (χ3n) is 4.46. The van der Waals surface area contributed by atoms with Crippen molar-refractivity contribution in [2.45, 2.75) is 19.4 Å². The average molecular weight is 326 g/mol. The van der Waals surface area contributed by atoms with E-state index < -0.39 is 0 Å². The fourth-order valence-electron chi connectivity index (χ4n) is 3.08. The maximum absolute atomic E-state index is 11.7. The first-order valence-corrected chi connectivity index (χ1v) is 8.04. The number of rotatable bonds is 3. The quantitative estimate of drug-likeness (QED) is 0.812. The Morgan fingerprint density at radius 2 is 2.00 bits per heavy atom. The molecular formula is C19H22N2O3. The summed E-state index contributed by atoms with van der Waals surface area (Å²) in [4.78, 5) is 18.5. The summed E-state index contributed by atoms with van der Waals surface area (Å²) in [6.45, 7) is 6.04. The van der Waals surface area contributed by atoms with E-state index in [-0.39, 0.29) is 11.6 Å². The van der Waals surface area contributed by atoms with Crippen molar-refractivity contribution in [3.63, 3.8) is 0 Å². The largest absolute Gasteiger partial charge is 0.465 e. The van der Waals surface area contributed by atoms with E-state index in [1.54, 1.807) is 6.07 Å². The highest BCUT2D eigenvalue weighted by Crippen LogP contribution is 2.31. The minimum atomic E-state index is -0.379. The van der Waals surface area contributed by atoms with E-state index in [0.717, 1.165) is 17.9 Å². The molecule has 1 saturated heterocycles. The van der Waals surface area contributed by atoms with Gasteiger partial charge in [-0.25, -0.2) is 9.78 Å². The van der Waals surface area contributed by atoms with Crippen LogP contribution in [0.15, 0.2) is 42.5 Å². The number of aromatic nitrogens is 1. The molecule has 0 radical (unpaired) electrons. The molecule has 3 rings (SSSR count). The summed E-state index contributed by atoms with van der Waals surface area (Å²) in [5.74, 6) is 0.494. The van der Waals surface area contributed by atoms with Gasteiger partial charge in [0.1, 0.15) is 11.4 Å². The van der Waals surface area contributed by atoms with Gasteiger partial charge in [0.2, 0.25) is 0 Å². The number of pyridine rings is 1. The van der Waals surface area contributed by atoms with Crippen molar-refractivity contribution in [1.29, 1.82) is 0 Å². The first-order chi connectivity index (χ1) is 11.5. The van der Waals surface area contributed by atoms with Crippen molar-refractivity contribution in [2.75, 3.05) is 31.7 Å². The number of nitrogens with zero attached hydrogens (tertiary/aromatic N) is 2. The number of benzene rings is 1. The number of carbonyl (C=O) groups excluding carboxylic acids is 1. The lowest BCUT2D eigenvalue weighted by Gasteiger charge is -2.41. The van der Waals surface area contributed by atoms with Gasteiger partial charge in [0.05, 0.1) is 31.5 Å². The van der Waals surface area contributed by atoms with Crippen molar-refractivity contribution >= 4 is 11.8 Å². The number of esters is 1. The molecule has 0 spiro atoms. The first-order valence-electron chi connectivity index (χ1n) is 8.04. The fourth-order valence-corrected chi connectivity index (χ4v) is 3.08. The summed E-state index contributed by atoms with van der Waals surface area (Å²) in [5, 5.41) is 0. The molecule has 1 aliphatic rings. The smallest absolute Gasteiger partial charge is 0.339 e. The molecule has 0 N–H and O–H groups in total. The van der Waals surface area contributed by atoms with Gasteiger partial charge in [0.25, 0.3) is 0 Å². The van der Waals surface area contributed by atoms with E-state index in [1.807, 2.05) is 31.2 Å². The van der Waals surface area contributed by atoms with Gasteiger partial charge in [0, 0.05) is 6.54 Å². The number of aryl methyl sites for hydroxylation is 1. The summed E-state index contributed by atoms with van der Waals surface area (Å²) >= 11 is 0. The molecule has 0 bridgehead atoms. The minimum absolute atomic E-state index is 0.359. The highest BCUT2D eigenvalue weighted by Gasteiger charge is 2.34. The zero-order valence-electron chi connectivity index (χ0n) is 14.3. The van der Waals surface area contributed by atoms with Crippen LogP contribution in [-0.4, -0.2) is 37.8 Å². The summed E-state index contributed by atoms with van der Waals surface area (Å²) in [7, 11) is 1.38. The summed E-state index contributed by atoms with van der Waals surface area (Å²) in [6.07, 6.45) is 0. The predicted molar refractivity (Wildman–Crippen MR) is 92.3 cm³/mol. The van der Waals surface area contributed by atoms with Gasteiger partial charge in [-0.05, 0) is 31.5 Å². The molecule has 1 aliphatic heterocycles. The van der Waals surface area contributed by atoms with Crippen molar-refractivity contribution in [3.05, 3.63) is 59.3 Å². The molecule has 2 heterocycles. The van der Waals surface area contributed by atoms with E-state index >= 15 is 0 Å². The fraction of sp³-hybridized carbons (Fsp3) is 0.368. The second-order valence-electron chi connectivity index (χ2n) is 6.16.